The van der Waals surface area contributed by atoms with E-state index in [-0.39, 0.29) is 0 Å². The molecule has 5 fully saturated rings. The lowest BCUT2D eigenvalue weighted by Crippen LogP contribution is -2.57. The molecule has 0 radical (unpaired) electrons. The van der Waals surface area contributed by atoms with E-state index >= 15 is 0 Å². The van der Waals surface area contributed by atoms with Crippen LogP contribution in [0.3, 0.4) is 0 Å². The molecule has 0 heterocycles. The highest BCUT2D eigenvalue weighted by atomic mass is 14.7. The molecule has 0 aliphatic heterocycles. The van der Waals surface area contributed by atoms with Crippen molar-refractivity contribution in [3.63, 3.8) is 0 Å². The molecule has 5 aliphatic carbocycles. The van der Waals surface area contributed by atoms with Crippen LogP contribution < -0.4 is 0 Å². The van der Waals surface area contributed by atoms with E-state index in [0.717, 1.165) is 29.6 Å². The van der Waals surface area contributed by atoms with Crippen LogP contribution in [0, 0.1) is 45.8 Å². The molecule has 6 atom stereocenters. The maximum atomic E-state index is 2.66. The van der Waals surface area contributed by atoms with Gasteiger partial charge in [0.15, 0.2) is 0 Å². The zero-order valence-electron chi connectivity index (χ0n) is 14.3. The molecule has 5 aliphatic rings. The highest BCUT2D eigenvalue weighted by Gasteiger charge is 2.61. The van der Waals surface area contributed by atoms with Crippen LogP contribution in [-0.4, -0.2) is 0 Å². The summed E-state index contributed by atoms with van der Waals surface area (Å²) in [6.07, 6.45) is 10.8. The van der Waals surface area contributed by atoms with Crippen molar-refractivity contribution in [1.82, 2.24) is 0 Å². The monoisotopic (exact) mass is 274 g/mol. The van der Waals surface area contributed by atoms with Gasteiger partial charge in [0.05, 0.1) is 0 Å². The summed E-state index contributed by atoms with van der Waals surface area (Å²) in [5, 5.41) is 0. The predicted octanol–water partition coefficient (Wildman–Crippen LogP) is 5.91. The fraction of sp³-hybridized carbons (Fsp3) is 1.00. The Morgan fingerprint density at radius 3 is 2.05 bits per heavy atom. The van der Waals surface area contributed by atoms with Crippen LogP contribution in [0.2, 0.25) is 0 Å². The Morgan fingerprint density at radius 1 is 0.800 bits per heavy atom. The summed E-state index contributed by atoms with van der Waals surface area (Å²) in [4.78, 5) is 0. The highest BCUT2D eigenvalue weighted by Crippen LogP contribution is 2.70. The molecule has 6 unspecified atom stereocenters. The van der Waals surface area contributed by atoms with Gasteiger partial charge in [-0.15, -0.1) is 0 Å². The van der Waals surface area contributed by atoms with E-state index in [4.69, 9.17) is 0 Å². The molecule has 0 heteroatoms. The summed E-state index contributed by atoms with van der Waals surface area (Å²) in [6, 6.07) is 0. The second kappa shape index (κ2) is 3.85. The van der Waals surface area contributed by atoms with Crippen LogP contribution in [0.5, 0.6) is 0 Å². The quantitative estimate of drug-likeness (QED) is 0.587. The summed E-state index contributed by atoms with van der Waals surface area (Å²) < 4.78 is 0. The van der Waals surface area contributed by atoms with Crippen molar-refractivity contribution < 1.29 is 0 Å². The Balaban J connectivity index is 1.57. The van der Waals surface area contributed by atoms with E-state index in [1.807, 2.05) is 0 Å². The molecule has 5 saturated carbocycles. The second-order valence-electron chi connectivity index (χ2n) is 10.4. The average Bonchev–Trinajstić information content (AvgIpc) is 2.91. The normalized spacial score (nSPS) is 54.8. The van der Waals surface area contributed by atoms with Gasteiger partial charge in [-0.05, 0) is 90.8 Å². The first-order valence-corrected chi connectivity index (χ1v) is 9.25. The van der Waals surface area contributed by atoms with Crippen LogP contribution in [0.15, 0.2) is 0 Å². The average molecular weight is 274 g/mol. The molecule has 4 bridgehead atoms. The molecule has 0 amide bonds. The fourth-order valence-corrected chi connectivity index (χ4v) is 7.51. The first kappa shape index (κ1) is 13.6. The zero-order chi connectivity index (χ0) is 14.3. The molecule has 0 spiro atoms. The van der Waals surface area contributed by atoms with Crippen LogP contribution in [0.25, 0.3) is 0 Å². The predicted molar refractivity (Wildman–Crippen MR) is 85.4 cm³/mol. The van der Waals surface area contributed by atoms with E-state index in [9.17, 15) is 0 Å². The van der Waals surface area contributed by atoms with Crippen molar-refractivity contribution in [3.8, 4) is 0 Å². The van der Waals surface area contributed by atoms with Crippen LogP contribution in [0.1, 0.15) is 79.6 Å². The lowest BCUT2D eigenvalue weighted by atomic mass is 9.39. The zero-order valence-corrected chi connectivity index (χ0v) is 14.3. The summed E-state index contributed by atoms with van der Waals surface area (Å²) in [7, 11) is 0. The molecule has 114 valence electrons. The SMILES string of the molecule is CC1(CC2C3CCC(C3)C2(C)C)CCC2CC1C2(C)C. The third-order valence-electron chi connectivity index (χ3n) is 9.11. The Labute approximate surface area is 126 Å². The van der Waals surface area contributed by atoms with Crippen molar-refractivity contribution in [2.24, 2.45) is 45.8 Å². The standard InChI is InChI=1S/C20H34/c1-18(2)14-7-6-13(10-14)16(18)12-20(5)9-8-15-11-17(20)19(15,3)4/h13-17H,6-12H2,1-5H3. The van der Waals surface area contributed by atoms with Crippen molar-refractivity contribution in [3.05, 3.63) is 0 Å². The fourth-order valence-electron chi connectivity index (χ4n) is 7.51. The third-order valence-corrected chi connectivity index (χ3v) is 9.11. The van der Waals surface area contributed by atoms with Crippen LogP contribution >= 0.6 is 0 Å². The van der Waals surface area contributed by atoms with Gasteiger partial charge in [0.2, 0.25) is 0 Å². The number of hydrogen-bond donors (Lipinski definition) is 0. The Kier molecular flexibility index (Phi) is 2.63. The van der Waals surface area contributed by atoms with Gasteiger partial charge in [0, 0.05) is 0 Å². The molecule has 0 N–H and O–H groups in total. The minimum Gasteiger partial charge on any atom is -0.0594 e. The molecule has 0 aromatic carbocycles. The molecule has 5 rings (SSSR count). The maximum Gasteiger partial charge on any atom is -0.0289 e. The Morgan fingerprint density at radius 2 is 1.50 bits per heavy atom. The maximum absolute atomic E-state index is 2.66. The third kappa shape index (κ3) is 1.55. The van der Waals surface area contributed by atoms with Gasteiger partial charge < -0.3 is 0 Å². The molecule has 20 heavy (non-hydrogen) atoms. The molecule has 0 saturated heterocycles. The van der Waals surface area contributed by atoms with Crippen molar-refractivity contribution in [2.45, 2.75) is 79.6 Å². The molecule has 0 nitrogen and oxygen atoms in total. The lowest BCUT2D eigenvalue weighted by molar-refractivity contribution is -0.163. The molecule has 0 aromatic rings. The summed E-state index contributed by atoms with van der Waals surface area (Å²) in [6.45, 7) is 13.0. The Hall–Kier alpha value is 0. The minimum atomic E-state index is 0.636. The summed E-state index contributed by atoms with van der Waals surface area (Å²) in [5.41, 5.74) is 1.94. The summed E-state index contributed by atoms with van der Waals surface area (Å²) >= 11 is 0. The van der Waals surface area contributed by atoms with E-state index in [0.29, 0.717) is 16.2 Å². The van der Waals surface area contributed by atoms with E-state index < -0.39 is 0 Å². The van der Waals surface area contributed by atoms with Crippen molar-refractivity contribution in [1.29, 1.82) is 0 Å². The van der Waals surface area contributed by atoms with Crippen molar-refractivity contribution in [2.75, 3.05) is 0 Å². The van der Waals surface area contributed by atoms with Gasteiger partial charge >= 0.3 is 0 Å². The Bertz CT molecular complexity index is 416. The van der Waals surface area contributed by atoms with Gasteiger partial charge in [-0.1, -0.05) is 34.6 Å². The van der Waals surface area contributed by atoms with Gasteiger partial charge in [0.1, 0.15) is 0 Å². The van der Waals surface area contributed by atoms with Gasteiger partial charge in [-0.3, -0.25) is 0 Å². The van der Waals surface area contributed by atoms with Crippen LogP contribution in [0.4, 0.5) is 0 Å². The lowest BCUT2D eigenvalue weighted by Gasteiger charge is -2.65. The highest BCUT2D eigenvalue weighted by molar-refractivity contribution is 5.11. The van der Waals surface area contributed by atoms with E-state index in [2.05, 4.69) is 34.6 Å². The largest absolute Gasteiger partial charge is 0.0594 e. The van der Waals surface area contributed by atoms with E-state index in [1.54, 1.807) is 25.7 Å². The van der Waals surface area contributed by atoms with Gasteiger partial charge in [-0.25, -0.2) is 0 Å². The van der Waals surface area contributed by atoms with Gasteiger partial charge in [0.25, 0.3) is 0 Å². The second-order valence-corrected chi connectivity index (χ2v) is 10.4. The number of hydrogen-bond acceptors (Lipinski definition) is 0. The summed E-state index contributed by atoms with van der Waals surface area (Å²) in [5.74, 6) is 5.22. The van der Waals surface area contributed by atoms with E-state index in [1.165, 1.54) is 19.3 Å². The van der Waals surface area contributed by atoms with Crippen LogP contribution in [-0.2, 0) is 0 Å². The first-order valence-electron chi connectivity index (χ1n) is 9.25. The molecular formula is C20H34. The van der Waals surface area contributed by atoms with Gasteiger partial charge in [-0.2, -0.15) is 0 Å². The first-order chi connectivity index (χ1) is 9.25. The van der Waals surface area contributed by atoms with Crippen molar-refractivity contribution >= 4 is 0 Å². The minimum absolute atomic E-state index is 0.636. The number of fused-ring (bicyclic) bond motifs is 4. The number of rotatable bonds is 2. The molecule has 0 aromatic heterocycles. The topological polar surface area (TPSA) is 0 Å². The molecular weight excluding hydrogens is 240 g/mol. The smallest absolute Gasteiger partial charge is 0.0289 e.